The van der Waals surface area contributed by atoms with Gasteiger partial charge < -0.3 is 19.2 Å². The minimum Gasteiger partial charge on any atom is -0.497 e. The Labute approximate surface area is 206 Å². The fraction of sp³-hybridized carbons (Fsp3) is 0.407. The van der Waals surface area contributed by atoms with Gasteiger partial charge >= 0.3 is 6.18 Å². The van der Waals surface area contributed by atoms with Crippen molar-refractivity contribution in [2.45, 2.75) is 57.2 Å². The summed E-state index contributed by atoms with van der Waals surface area (Å²) in [7, 11) is 1.43. The Kier molecular flexibility index (Phi) is 7.86. The van der Waals surface area contributed by atoms with Gasteiger partial charge in [-0.15, -0.1) is 0 Å². The molecule has 0 bridgehead atoms. The van der Waals surface area contributed by atoms with Crippen LogP contribution in [0.1, 0.15) is 50.7 Å². The van der Waals surface area contributed by atoms with Gasteiger partial charge in [0.2, 0.25) is 11.2 Å². The van der Waals surface area contributed by atoms with E-state index in [1.807, 2.05) is 0 Å². The maximum absolute atomic E-state index is 13.9. The molecule has 36 heavy (non-hydrogen) atoms. The van der Waals surface area contributed by atoms with Gasteiger partial charge in [-0.2, -0.15) is 13.2 Å². The molecule has 4 rings (SSSR count). The van der Waals surface area contributed by atoms with Crippen molar-refractivity contribution in [3.05, 3.63) is 58.4 Å². The van der Waals surface area contributed by atoms with Crippen LogP contribution in [0.25, 0.3) is 22.1 Å². The van der Waals surface area contributed by atoms with Crippen LogP contribution in [0.4, 0.5) is 13.2 Å². The quantitative estimate of drug-likeness (QED) is 0.440. The van der Waals surface area contributed by atoms with Gasteiger partial charge in [0.05, 0.1) is 18.1 Å². The molecule has 1 aliphatic carbocycles. The third-order valence-electron chi connectivity index (χ3n) is 6.34. The molecule has 1 fully saturated rings. The molecule has 1 amide bonds. The molecular weight excluding hydrogens is 475 g/mol. The SMILES string of the molecule is COc1ccc(-c2c(C(F)(F)F)oc3cc(OCC(=O)NC4CCCCCCC4)ccc3c2=O)cc1. The van der Waals surface area contributed by atoms with E-state index in [0.717, 1.165) is 38.5 Å². The predicted molar refractivity (Wildman–Crippen MR) is 129 cm³/mol. The number of nitrogens with one attached hydrogen (secondary N) is 1. The normalized spacial score (nSPS) is 15.2. The molecule has 1 aliphatic rings. The highest BCUT2D eigenvalue weighted by atomic mass is 19.4. The second-order valence-electron chi connectivity index (χ2n) is 8.92. The largest absolute Gasteiger partial charge is 0.497 e. The second-order valence-corrected chi connectivity index (χ2v) is 8.92. The monoisotopic (exact) mass is 503 g/mol. The van der Waals surface area contributed by atoms with Crippen molar-refractivity contribution in [1.82, 2.24) is 5.32 Å². The number of carbonyl (C=O) groups is 1. The molecule has 0 spiro atoms. The second kappa shape index (κ2) is 11.1. The number of fused-ring (bicyclic) bond motifs is 1. The molecule has 0 atom stereocenters. The Bertz CT molecular complexity index is 1260. The van der Waals surface area contributed by atoms with Gasteiger partial charge in [-0.1, -0.05) is 44.2 Å². The molecular formula is C27H28F3NO5. The highest BCUT2D eigenvalue weighted by Crippen LogP contribution is 2.38. The van der Waals surface area contributed by atoms with Crippen molar-refractivity contribution >= 4 is 16.9 Å². The summed E-state index contributed by atoms with van der Waals surface area (Å²) >= 11 is 0. The summed E-state index contributed by atoms with van der Waals surface area (Å²) in [6.45, 7) is -0.289. The topological polar surface area (TPSA) is 77.8 Å². The number of methoxy groups -OCH3 is 1. The van der Waals surface area contributed by atoms with Gasteiger partial charge in [0.1, 0.15) is 17.1 Å². The number of halogens is 3. The molecule has 1 N–H and O–H groups in total. The maximum Gasteiger partial charge on any atom is 0.450 e. The number of hydrogen-bond acceptors (Lipinski definition) is 5. The number of rotatable bonds is 6. The average Bonchev–Trinajstić information content (AvgIpc) is 2.83. The van der Waals surface area contributed by atoms with Crippen molar-refractivity contribution in [2.24, 2.45) is 0 Å². The fourth-order valence-corrected chi connectivity index (χ4v) is 4.50. The maximum atomic E-state index is 13.9. The molecule has 6 nitrogen and oxygen atoms in total. The van der Waals surface area contributed by atoms with E-state index < -0.39 is 22.9 Å². The lowest BCUT2D eigenvalue weighted by Gasteiger charge is -2.21. The van der Waals surface area contributed by atoms with Crippen LogP contribution in [-0.2, 0) is 11.0 Å². The molecule has 3 aromatic rings. The van der Waals surface area contributed by atoms with Crippen LogP contribution >= 0.6 is 0 Å². The van der Waals surface area contributed by atoms with Gasteiger partial charge in [-0.05, 0) is 42.7 Å². The molecule has 1 aromatic heterocycles. The van der Waals surface area contributed by atoms with Gasteiger partial charge in [0.15, 0.2) is 6.61 Å². The molecule has 2 aromatic carbocycles. The van der Waals surface area contributed by atoms with Crippen molar-refractivity contribution < 1.29 is 31.9 Å². The standard InChI is InChI=1S/C27H28F3NO5/c1-34-19-11-9-17(10-12-19)24-25(33)21-14-13-20(15-22(21)36-26(24)27(28,29)30)35-16-23(32)31-18-7-5-3-2-4-6-8-18/h9-15,18H,2-8,16H2,1H3,(H,31,32). The Hall–Kier alpha value is -3.49. The van der Waals surface area contributed by atoms with E-state index in [1.54, 1.807) is 0 Å². The Balaban J connectivity index is 1.57. The summed E-state index contributed by atoms with van der Waals surface area (Å²) in [4.78, 5) is 25.5. The summed E-state index contributed by atoms with van der Waals surface area (Å²) in [5, 5.41) is 2.94. The van der Waals surface area contributed by atoms with E-state index in [2.05, 4.69) is 5.32 Å². The highest BCUT2D eigenvalue weighted by Gasteiger charge is 2.39. The van der Waals surface area contributed by atoms with Gasteiger partial charge in [0.25, 0.3) is 5.91 Å². The van der Waals surface area contributed by atoms with E-state index in [0.29, 0.717) is 5.75 Å². The van der Waals surface area contributed by atoms with Gasteiger partial charge in [0, 0.05) is 12.1 Å². The first-order valence-electron chi connectivity index (χ1n) is 12.0. The van der Waals surface area contributed by atoms with Crippen LogP contribution < -0.4 is 20.2 Å². The van der Waals surface area contributed by atoms with Crippen LogP contribution in [0.2, 0.25) is 0 Å². The Morgan fingerprint density at radius 3 is 2.28 bits per heavy atom. The molecule has 0 aliphatic heterocycles. The first-order valence-corrected chi connectivity index (χ1v) is 12.0. The molecule has 192 valence electrons. The van der Waals surface area contributed by atoms with Crippen molar-refractivity contribution in [2.75, 3.05) is 13.7 Å². The number of amides is 1. The molecule has 1 saturated carbocycles. The third kappa shape index (κ3) is 6.01. The Morgan fingerprint density at radius 1 is 1.00 bits per heavy atom. The zero-order valence-electron chi connectivity index (χ0n) is 20.0. The summed E-state index contributed by atoms with van der Waals surface area (Å²) in [5.74, 6) is -1.13. The molecule has 9 heteroatoms. The number of carbonyl (C=O) groups excluding carboxylic acids is 1. The van der Waals surface area contributed by atoms with Crippen molar-refractivity contribution in [3.8, 4) is 22.6 Å². The predicted octanol–water partition coefficient (Wildman–Crippen LogP) is 6.10. The van der Waals surface area contributed by atoms with Gasteiger partial charge in [-0.3, -0.25) is 9.59 Å². The highest BCUT2D eigenvalue weighted by molar-refractivity contribution is 5.84. The number of benzene rings is 2. The molecule has 0 saturated heterocycles. The van der Waals surface area contributed by atoms with E-state index in [1.165, 1.54) is 56.0 Å². The first kappa shape index (κ1) is 25.6. The third-order valence-corrected chi connectivity index (χ3v) is 6.34. The van der Waals surface area contributed by atoms with E-state index in [-0.39, 0.29) is 40.8 Å². The summed E-state index contributed by atoms with van der Waals surface area (Å²) in [6, 6.07) is 9.77. The van der Waals surface area contributed by atoms with Crippen LogP contribution in [0, 0.1) is 0 Å². The summed E-state index contributed by atoms with van der Waals surface area (Å²) in [5.41, 5.74) is -1.61. The van der Waals surface area contributed by atoms with E-state index in [9.17, 15) is 22.8 Å². The van der Waals surface area contributed by atoms with Crippen molar-refractivity contribution in [3.63, 3.8) is 0 Å². The summed E-state index contributed by atoms with van der Waals surface area (Å²) in [6.07, 6.45) is 2.60. The molecule has 1 heterocycles. The first-order chi connectivity index (χ1) is 17.3. The zero-order chi connectivity index (χ0) is 25.7. The summed E-state index contributed by atoms with van der Waals surface area (Å²) < 4.78 is 57.4. The van der Waals surface area contributed by atoms with Crippen LogP contribution in [0.15, 0.2) is 51.7 Å². The lowest BCUT2D eigenvalue weighted by atomic mass is 9.97. The number of hydrogen-bond donors (Lipinski definition) is 1. The minimum atomic E-state index is -4.91. The lowest BCUT2D eigenvalue weighted by molar-refractivity contribution is -0.152. The zero-order valence-corrected chi connectivity index (χ0v) is 20.0. The van der Waals surface area contributed by atoms with Crippen LogP contribution in [-0.4, -0.2) is 25.7 Å². The fourth-order valence-electron chi connectivity index (χ4n) is 4.50. The molecule has 0 radical (unpaired) electrons. The van der Waals surface area contributed by atoms with Crippen LogP contribution in [0.5, 0.6) is 11.5 Å². The van der Waals surface area contributed by atoms with E-state index in [4.69, 9.17) is 13.9 Å². The number of ether oxygens (including phenoxy) is 2. The average molecular weight is 504 g/mol. The minimum absolute atomic E-state index is 0.0276. The Morgan fingerprint density at radius 2 is 1.64 bits per heavy atom. The van der Waals surface area contributed by atoms with Gasteiger partial charge in [-0.25, -0.2) is 0 Å². The van der Waals surface area contributed by atoms with E-state index >= 15 is 0 Å². The lowest BCUT2D eigenvalue weighted by Crippen LogP contribution is -2.38. The molecule has 0 unspecified atom stereocenters. The smallest absolute Gasteiger partial charge is 0.450 e. The van der Waals surface area contributed by atoms with Crippen molar-refractivity contribution in [1.29, 1.82) is 0 Å². The van der Waals surface area contributed by atoms with Crippen LogP contribution in [0.3, 0.4) is 0 Å². The number of alkyl halides is 3.